The summed E-state index contributed by atoms with van der Waals surface area (Å²) >= 11 is 3.67. The third-order valence-corrected chi connectivity index (χ3v) is 3.75. The van der Waals surface area contributed by atoms with Crippen molar-refractivity contribution in [3.05, 3.63) is 28.2 Å². The molecule has 0 atom stereocenters. The van der Waals surface area contributed by atoms with Crippen LogP contribution in [0.4, 0.5) is 5.69 Å². The van der Waals surface area contributed by atoms with Crippen LogP contribution >= 0.6 is 15.9 Å². The predicted molar refractivity (Wildman–Crippen MR) is 87.5 cm³/mol. The van der Waals surface area contributed by atoms with Crippen LogP contribution in [0.15, 0.2) is 22.7 Å². The molecule has 0 aliphatic rings. The number of nitrogens with zero attached hydrogens (tertiary/aromatic N) is 1. The fraction of sp³-hybridized carbons (Fsp3) is 0.600. The van der Waals surface area contributed by atoms with Gasteiger partial charge in [0.15, 0.2) is 0 Å². The first-order valence-corrected chi connectivity index (χ1v) is 7.74. The molecular formula is C15H25BrN2O2. The van der Waals surface area contributed by atoms with Crippen molar-refractivity contribution in [2.24, 2.45) is 0 Å². The molecule has 1 N–H and O–H groups in total. The average Bonchev–Trinajstić information content (AvgIpc) is 2.46. The zero-order valence-corrected chi connectivity index (χ0v) is 14.2. The van der Waals surface area contributed by atoms with E-state index in [9.17, 15) is 0 Å². The van der Waals surface area contributed by atoms with E-state index in [-0.39, 0.29) is 0 Å². The van der Waals surface area contributed by atoms with Gasteiger partial charge in [0, 0.05) is 44.9 Å². The molecule has 1 rings (SSSR count). The van der Waals surface area contributed by atoms with Gasteiger partial charge in [-0.3, -0.25) is 0 Å². The Bertz CT molecular complexity index is 388. The topological polar surface area (TPSA) is 33.7 Å². The summed E-state index contributed by atoms with van der Waals surface area (Å²) in [5.41, 5.74) is 2.48. The van der Waals surface area contributed by atoms with Crippen LogP contribution in [0.1, 0.15) is 12.5 Å². The van der Waals surface area contributed by atoms with Gasteiger partial charge in [-0.15, -0.1) is 0 Å². The van der Waals surface area contributed by atoms with E-state index in [1.54, 1.807) is 14.2 Å². The number of halogens is 1. The van der Waals surface area contributed by atoms with E-state index in [0.717, 1.165) is 43.9 Å². The maximum atomic E-state index is 5.16. The summed E-state index contributed by atoms with van der Waals surface area (Å²) in [4.78, 5) is 2.30. The van der Waals surface area contributed by atoms with Crippen LogP contribution in [0.25, 0.3) is 0 Å². The molecule has 1 aromatic carbocycles. The van der Waals surface area contributed by atoms with Crippen molar-refractivity contribution < 1.29 is 9.47 Å². The molecule has 0 bridgehead atoms. The molecule has 20 heavy (non-hydrogen) atoms. The second-order valence-electron chi connectivity index (χ2n) is 4.53. The fourth-order valence-electron chi connectivity index (χ4n) is 1.97. The Kier molecular flexibility index (Phi) is 8.85. The zero-order valence-electron chi connectivity index (χ0n) is 12.6. The van der Waals surface area contributed by atoms with Gasteiger partial charge in [0.25, 0.3) is 0 Å². The molecule has 0 spiro atoms. The number of likely N-dealkylation sites (N-methyl/N-ethyl adjacent to an activating group) is 1. The minimum absolute atomic E-state index is 0.736. The van der Waals surface area contributed by atoms with Crippen LogP contribution in [0, 0.1) is 0 Å². The Morgan fingerprint density at radius 1 is 1.20 bits per heavy atom. The van der Waals surface area contributed by atoms with Crippen LogP contribution in [0.2, 0.25) is 0 Å². The van der Waals surface area contributed by atoms with Gasteiger partial charge < -0.3 is 19.7 Å². The highest BCUT2D eigenvalue weighted by molar-refractivity contribution is 9.10. The van der Waals surface area contributed by atoms with Gasteiger partial charge in [-0.1, -0.05) is 6.07 Å². The Balaban J connectivity index is 2.61. The highest BCUT2D eigenvalue weighted by Gasteiger charge is 2.08. The molecular weight excluding hydrogens is 320 g/mol. The van der Waals surface area contributed by atoms with Gasteiger partial charge in [-0.05, 0) is 40.5 Å². The normalized spacial score (nSPS) is 10.8. The van der Waals surface area contributed by atoms with E-state index in [2.05, 4.69) is 51.3 Å². The standard InChI is InChI=1S/C15H25BrN2O2/c1-4-18(8-10-20-3)15-6-5-13(11-14(15)16)12-17-7-9-19-2/h5-6,11,17H,4,7-10,12H2,1-3H3. The number of hydrogen-bond acceptors (Lipinski definition) is 4. The van der Waals surface area contributed by atoms with Crippen molar-refractivity contribution in [2.45, 2.75) is 13.5 Å². The van der Waals surface area contributed by atoms with Crippen molar-refractivity contribution >= 4 is 21.6 Å². The van der Waals surface area contributed by atoms with Crippen LogP contribution in [0.5, 0.6) is 0 Å². The number of benzene rings is 1. The van der Waals surface area contributed by atoms with Crippen molar-refractivity contribution in [1.82, 2.24) is 5.32 Å². The summed E-state index contributed by atoms with van der Waals surface area (Å²) in [5, 5.41) is 3.35. The summed E-state index contributed by atoms with van der Waals surface area (Å²) < 4.78 is 11.3. The first-order valence-electron chi connectivity index (χ1n) is 6.94. The van der Waals surface area contributed by atoms with Gasteiger partial charge in [0.2, 0.25) is 0 Å². The molecule has 0 amide bonds. The van der Waals surface area contributed by atoms with Crippen molar-refractivity contribution in [2.75, 3.05) is 52.0 Å². The lowest BCUT2D eigenvalue weighted by atomic mass is 10.2. The molecule has 4 nitrogen and oxygen atoms in total. The highest BCUT2D eigenvalue weighted by atomic mass is 79.9. The lowest BCUT2D eigenvalue weighted by Crippen LogP contribution is -2.27. The number of methoxy groups -OCH3 is 2. The summed E-state index contributed by atoms with van der Waals surface area (Å²) in [6, 6.07) is 6.50. The number of rotatable bonds is 10. The van der Waals surface area contributed by atoms with E-state index in [0.29, 0.717) is 0 Å². The van der Waals surface area contributed by atoms with Gasteiger partial charge >= 0.3 is 0 Å². The predicted octanol–water partition coefficient (Wildman–Crippen LogP) is 2.66. The highest BCUT2D eigenvalue weighted by Crippen LogP contribution is 2.27. The molecule has 0 unspecified atom stereocenters. The summed E-state index contributed by atoms with van der Waals surface area (Å²) in [5.74, 6) is 0. The van der Waals surface area contributed by atoms with E-state index >= 15 is 0 Å². The Morgan fingerprint density at radius 2 is 1.95 bits per heavy atom. The molecule has 0 aliphatic carbocycles. The molecule has 0 radical (unpaired) electrons. The van der Waals surface area contributed by atoms with Crippen molar-refractivity contribution in [1.29, 1.82) is 0 Å². The maximum absolute atomic E-state index is 5.16. The molecule has 0 aromatic heterocycles. The molecule has 1 aromatic rings. The molecule has 0 aliphatic heterocycles. The largest absolute Gasteiger partial charge is 0.383 e. The maximum Gasteiger partial charge on any atom is 0.0637 e. The molecule has 0 saturated carbocycles. The molecule has 0 heterocycles. The lowest BCUT2D eigenvalue weighted by molar-refractivity contribution is 0.199. The number of ether oxygens (including phenoxy) is 2. The Labute approximate surface area is 130 Å². The third-order valence-electron chi connectivity index (χ3n) is 3.11. The molecule has 5 heteroatoms. The van der Waals surface area contributed by atoms with Crippen molar-refractivity contribution in [3.63, 3.8) is 0 Å². The van der Waals surface area contributed by atoms with Crippen LogP contribution in [0.3, 0.4) is 0 Å². The number of nitrogens with one attached hydrogen (secondary N) is 1. The monoisotopic (exact) mass is 344 g/mol. The van der Waals surface area contributed by atoms with E-state index < -0.39 is 0 Å². The first kappa shape index (κ1) is 17.4. The van der Waals surface area contributed by atoms with Crippen molar-refractivity contribution in [3.8, 4) is 0 Å². The minimum Gasteiger partial charge on any atom is -0.383 e. The van der Waals surface area contributed by atoms with E-state index in [1.807, 2.05) is 0 Å². The molecule has 0 fully saturated rings. The summed E-state index contributed by atoms with van der Waals surface area (Å²) in [7, 11) is 3.45. The number of anilines is 1. The first-order chi connectivity index (χ1) is 9.72. The second kappa shape index (κ2) is 10.2. The van der Waals surface area contributed by atoms with Crippen LogP contribution < -0.4 is 10.2 Å². The van der Waals surface area contributed by atoms with Gasteiger partial charge in [0.1, 0.15) is 0 Å². The summed E-state index contributed by atoms with van der Waals surface area (Å²) in [6.07, 6.45) is 0. The van der Waals surface area contributed by atoms with Gasteiger partial charge in [0.05, 0.1) is 18.9 Å². The molecule has 0 saturated heterocycles. The summed E-state index contributed by atoms with van der Waals surface area (Å²) in [6.45, 7) is 7.21. The van der Waals surface area contributed by atoms with E-state index in [1.165, 1.54) is 11.3 Å². The SMILES string of the molecule is CCN(CCOC)c1ccc(CNCCOC)cc1Br. The van der Waals surface area contributed by atoms with Gasteiger partial charge in [-0.2, -0.15) is 0 Å². The van der Waals surface area contributed by atoms with Gasteiger partial charge in [-0.25, -0.2) is 0 Å². The second-order valence-corrected chi connectivity index (χ2v) is 5.38. The molecule has 114 valence electrons. The van der Waals surface area contributed by atoms with E-state index in [4.69, 9.17) is 9.47 Å². The smallest absolute Gasteiger partial charge is 0.0637 e. The zero-order chi connectivity index (χ0) is 14.8. The quantitative estimate of drug-likeness (QED) is 0.661. The lowest BCUT2D eigenvalue weighted by Gasteiger charge is -2.24. The minimum atomic E-state index is 0.736. The van der Waals surface area contributed by atoms with Crippen LogP contribution in [-0.2, 0) is 16.0 Å². The fourth-order valence-corrected chi connectivity index (χ4v) is 2.65. The number of hydrogen-bond donors (Lipinski definition) is 1. The Morgan fingerprint density at radius 3 is 2.55 bits per heavy atom. The van der Waals surface area contributed by atoms with Crippen LogP contribution in [-0.4, -0.2) is 47.1 Å². The average molecular weight is 345 g/mol. The third kappa shape index (κ3) is 5.79. The Hall–Kier alpha value is -0.620.